The molecule has 0 saturated carbocycles. The molecular weight excluding hydrogens is 440 g/mol. The molecule has 0 bridgehead atoms. The largest absolute Gasteiger partial charge is 0.497 e. The van der Waals surface area contributed by atoms with Gasteiger partial charge in [0.1, 0.15) is 5.75 Å². The van der Waals surface area contributed by atoms with Crippen molar-refractivity contribution in [2.24, 2.45) is 0 Å². The molecule has 2 heterocycles. The number of nitrogens with one attached hydrogen (secondary N) is 1. The van der Waals surface area contributed by atoms with Crippen LogP contribution in [0.4, 0.5) is 0 Å². The number of ether oxygens (including phenoxy) is 1. The molecule has 0 aliphatic heterocycles. The second kappa shape index (κ2) is 10.4. The van der Waals surface area contributed by atoms with Crippen LogP contribution in [0.5, 0.6) is 5.75 Å². The monoisotopic (exact) mass is 474 g/mol. The average Bonchev–Trinajstić information content (AvgIpc) is 3.36. The third-order valence-corrected chi connectivity index (χ3v) is 6.79. The van der Waals surface area contributed by atoms with Gasteiger partial charge in [-0.25, -0.2) is 4.68 Å². The van der Waals surface area contributed by atoms with Crippen LogP contribution in [0, 0.1) is 0 Å². The molecule has 1 atom stereocenters. The highest BCUT2D eigenvalue weighted by Gasteiger charge is 2.31. The van der Waals surface area contributed by atoms with Crippen molar-refractivity contribution in [1.29, 1.82) is 0 Å². The summed E-state index contributed by atoms with van der Waals surface area (Å²) in [6.07, 6.45) is 1.70. The molecule has 0 saturated heterocycles. The lowest BCUT2D eigenvalue weighted by Gasteiger charge is -2.33. The summed E-state index contributed by atoms with van der Waals surface area (Å²) in [7, 11) is 1.62. The second-order valence-electron chi connectivity index (χ2n) is 9.51. The number of aromatic amines is 1. The zero-order valence-corrected chi connectivity index (χ0v) is 21.2. The summed E-state index contributed by atoms with van der Waals surface area (Å²) in [6, 6.07) is 17.9. The van der Waals surface area contributed by atoms with E-state index in [1.165, 1.54) is 5.56 Å². The number of nitrogens with zero attached hydrogens (tertiary/aromatic N) is 5. The lowest BCUT2D eigenvalue weighted by molar-refractivity contribution is 0.150. The molecule has 0 unspecified atom stereocenters. The lowest BCUT2D eigenvalue weighted by atomic mass is 10.0. The normalized spacial score (nSPS) is 12.9. The Labute approximate surface area is 205 Å². The van der Waals surface area contributed by atoms with Gasteiger partial charge in [0.15, 0.2) is 5.82 Å². The van der Waals surface area contributed by atoms with E-state index in [0.29, 0.717) is 24.4 Å². The molecule has 0 spiro atoms. The first-order chi connectivity index (χ1) is 16.9. The summed E-state index contributed by atoms with van der Waals surface area (Å²) in [4.78, 5) is 18.4. The summed E-state index contributed by atoms with van der Waals surface area (Å²) in [5.41, 5.74) is 2.30. The van der Waals surface area contributed by atoms with Crippen LogP contribution in [0.3, 0.4) is 0 Å². The van der Waals surface area contributed by atoms with Crippen LogP contribution in [-0.2, 0) is 18.6 Å². The zero-order valence-electron chi connectivity index (χ0n) is 21.2. The number of aromatic nitrogens is 5. The number of hydrogen-bond donors (Lipinski definition) is 1. The average molecular weight is 475 g/mol. The van der Waals surface area contributed by atoms with Gasteiger partial charge in [-0.3, -0.25) is 9.69 Å². The number of pyridine rings is 1. The van der Waals surface area contributed by atoms with E-state index in [-0.39, 0.29) is 17.1 Å². The van der Waals surface area contributed by atoms with Gasteiger partial charge in [0, 0.05) is 24.7 Å². The minimum atomic E-state index is -0.218. The summed E-state index contributed by atoms with van der Waals surface area (Å²) in [5, 5.41) is 13.8. The Hall–Kier alpha value is -3.52. The molecule has 0 fully saturated rings. The quantitative estimate of drug-likeness (QED) is 0.354. The van der Waals surface area contributed by atoms with Gasteiger partial charge in [-0.1, -0.05) is 44.2 Å². The van der Waals surface area contributed by atoms with E-state index < -0.39 is 0 Å². The fraction of sp³-hybridized carbons (Fsp3) is 0.407. The Kier molecular flexibility index (Phi) is 7.31. The number of tetrazole rings is 1. The highest BCUT2D eigenvalue weighted by atomic mass is 16.5. The third kappa shape index (κ3) is 5.27. The summed E-state index contributed by atoms with van der Waals surface area (Å²) >= 11 is 0. The van der Waals surface area contributed by atoms with E-state index in [0.717, 1.165) is 29.6 Å². The van der Waals surface area contributed by atoms with Crippen LogP contribution in [0.1, 0.15) is 63.5 Å². The Morgan fingerprint density at radius 1 is 1.09 bits per heavy atom. The van der Waals surface area contributed by atoms with Crippen LogP contribution < -0.4 is 10.3 Å². The molecule has 1 N–H and O–H groups in total. The highest BCUT2D eigenvalue weighted by Crippen LogP contribution is 2.30. The first kappa shape index (κ1) is 24.6. The number of hydrogen-bond acceptors (Lipinski definition) is 6. The van der Waals surface area contributed by atoms with Crippen molar-refractivity contribution >= 4 is 10.9 Å². The van der Waals surface area contributed by atoms with Crippen LogP contribution in [0.2, 0.25) is 0 Å². The van der Waals surface area contributed by atoms with Crippen LogP contribution in [-0.4, -0.2) is 37.2 Å². The van der Waals surface area contributed by atoms with Gasteiger partial charge in [-0.15, -0.1) is 5.10 Å². The Morgan fingerprint density at radius 2 is 1.86 bits per heavy atom. The van der Waals surface area contributed by atoms with E-state index in [1.807, 2.05) is 47.1 Å². The van der Waals surface area contributed by atoms with Crippen LogP contribution >= 0.6 is 0 Å². The van der Waals surface area contributed by atoms with Gasteiger partial charge >= 0.3 is 0 Å². The standard InChI is InChI=1S/C27H34N6O2/c1-6-24(25-29-30-31-33(25)27(3,4)7-2)32(17-19-11-9-8-10-12-19)18-21-15-20-13-14-22(35-5)16-23(20)28-26(21)34/h8-16,24H,6-7,17-18H2,1-5H3,(H,28,34)/t24-/m1/s1. The third-order valence-electron chi connectivity index (χ3n) is 6.79. The molecule has 35 heavy (non-hydrogen) atoms. The summed E-state index contributed by atoms with van der Waals surface area (Å²) < 4.78 is 7.25. The van der Waals surface area contributed by atoms with Gasteiger partial charge in [-0.05, 0) is 66.3 Å². The maximum Gasteiger partial charge on any atom is 0.252 e. The molecular formula is C27H34N6O2. The predicted molar refractivity (Wildman–Crippen MR) is 137 cm³/mol. The molecule has 8 heteroatoms. The molecule has 0 aliphatic rings. The molecule has 0 radical (unpaired) electrons. The molecule has 4 aromatic rings. The Bertz CT molecular complexity index is 1330. The lowest BCUT2D eigenvalue weighted by Crippen LogP contribution is -2.36. The second-order valence-corrected chi connectivity index (χ2v) is 9.51. The fourth-order valence-electron chi connectivity index (χ4n) is 4.37. The van der Waals surface area contributed by atoms with E-state index in [4.69, 9.17) is 4.74 Å². The predicted octanol–water partition coefficient (Wildman–Crippen LogP) is 4.82. The molecule has 8 nitrogen and oxygen atoms in total. The van der Waals surface area contributed by atoms with Crippen molar-refractivity contribution in [2.75, 3.05) is 7.11 Å². The van der Waals surface area contributed by atoms with Crippen LogP contribution in [0.25, 0.3) is 10.9 Å². The zero-order chi connectivity index (χ0) is 25.0. The topological polar surface area (TPSA) is 88.9 Å². The van der Waals surface area contributed by atoms with Crippen molar-refractivity contribution in [2.45, 2.75) is 65.2 Å². The number of methoxy groups -OCH3 is 1. The molecule has 184 valence electrons. The van der Waals surface area contributed by atoms with Gasteiger partial charge in [0.05, 0.1) is 24.2 Å². The van der Waals surface area contributed by atoms with Gasteiger partial charge in [-0.2, -0.15) is 0 Å². The van der Waals surface area contributed by atoms with Crippen molar-refractivity contribution in [3.63, 3.8) is 0 Å². The first-order valence-electron chi connectivity index (χ1n) is 12.1. The Balaban J connectivity index is 1.76. The van der Waals surface area contributed by atoms with Crippen molar-refractivity contribution in [1.82, 2.24) is 30.1 Å². The minimum absolute atomic E-state index is 0.0676. The van der Waals surface area contributed by atoms with Gasteiger partial charge < -0.3 is 9.72 Å². The van der Waals surface area contributed by atoms with Gasteiger partial charge in [0.25, 0.3) is 5.56 Å². The van der Waals surface area contributed by atoms with Gasteiger partial charge in [0.2, 0.25) is 0 Å². The first-order valence-corrected chi connectivity index (χ1v) is 12.1. The number of fused-ring (bicyclic) bond motifs is 1. The SMILES string of the molecule is CC[C@H](c1nnnn1C(C)(C)CC)N(Cc1ccccc1)Cc1cc2ccc(OC)cc2[nH]c1=O. The van der Waals surface area contributed by atoms with Crippen LogP contribution in [0.15, 0.2) is 59.4 Å². The Morgan fingerprint density at radius 3 is 2.54 bits per heavy atom. The summed E-state index contributed by atoms with van der Waals surface area (Å²) in [6.45, 7) is 9.69. The number of H-pyrrole nitrogens is 1. The molecule has 0 amide bonds. The highest BCUT2D eigenvalue weighted by molar-refractivity contribution is 5.80. The van der Waals surface area contributed by atoms with Crippen molar-refractivity contribution < 1.29 is 4.74 Å². The number of rotatable bonds is 10. The number of benzene rings is 2. The molecule has 4 rings (SSSR count). The van der Waals surface area contributed by atoms with Crippen molar-refractivity contribution in [3.8, 4) is 5.75 Å². The fourth-order valence-corrected chi connectivity index (χ4v) is 4.37. The van der Waals surface area contributed by atoms with E-state index in [1.54, 1.807) is 7.11 Å². The molecule has 0 aliphatic carbocycles. The van der Waals surface area contributed by atoms with E-state index >= 15 is 0 Å². The smallest absolute Gasteiger partial charge is 0.252 e. The maximum atomic E-state index is 13.1. The van der Waals surface area contributed by atoms with E-state index in [2.05, 4.69) is 65.2 Å². The maximum absolute atomic E-state index is 13.1. The van der Waals surface area contributed by atoms with E-state index in [9.17, 15) is 4.79 Å². The summed E-state index contributed by atoms with van der Waals surface area (Å²) in [5.74, 6) is 1.53. The minimum Gasteiger partial charge on any atom is -0.497 e. The van der Waals surface area contributed by atoms with Crippen molar-refractivity contribution in [3.05, 3.63) is 81.9 Å². The molecule has 2 aromatic heterocycles. The molecule has 2 aromatic carbocycles.